The number of ether oxygens (including phenoxy) is 1. The Bertz CT molecular complexity index is 564. The Balaban J connectivity index is 2.11. The highest BCUT2D eigenvalue weighted by molar-refractivity contribution is 6.04. The van der Waals surface area contributed by atoms with Crippen molar-refractivity contribution in [2.24, 2.45) is 0 Å². The Hall–Kier alpha value is -2.37. The molecule has 1 aromatic carbocycles. The highest BCUT2D eigenvalue weighted by Crippen LogP contribution is 2.18. The van der Waals surface area contributed by atoms with Crippen molar-refractivity contribution in [3.05, 3.63) is 42.0 Å². The summed E-state index contributed by atoms with van der Waals surface area (Å²) in [4.78, 5) is 12.0. The first-order chi connectivity index (χ1) is 9.06. The second-order valence-electron chi connectivity index (χ2n) is 4.23. The standard InChI is InChI=1S/C13H14FN3O2/c1-8(2)19-11-7-15-17-12(11)13(18)16-10-5-3-9(14)4-6-10/h3-8H,1-2H3,(H,15,17)(H,16,18). The van der Waals surface area contributed by atoms with E-state index in [9.17, 15) is 9.18 Å². The van der Waals surface area contributed by atoms with Crippen LogP contribution in [-0.4, -0.2) is 22.2 Å². The van der Waals surface area contributed by atoms with Gasteiger partial charge in [-0.15, -0.1) is 0 Å². The van der Waals surface area contributed by atoms with Gasteiger partial charge in [0.1, 0.15) is 5.82 Å². The molecule has 0 spiro atoms. The van der Waals surface area contributed by atoms with Crippen molar-refractivity contribution < 1.29 is 13.9 Å². The van der Waals surface area contributed by atoms with Gasteiger partial charge in [0.15, 0.2) is 11.4 Å². The molecule has 0 fully saturated rings. The number of aromatic nitrogens is 2. The molecule has 100 valence electrons. The largest absolute Gasteiger partial charge is 0.487 e. The molecule has 0 aliphatic heterocycles. The third-order valence-corrected chi connectivity index (χ3v) is 2.29. The quantitative estimate of drug-likeness (QED) is 0.891. The van der Waals surface area contributed by atoms with Crippen LogP contribution >= 0.6 is 0 Å². The molecule has 1 amide bonds. The second-order valence-corrected chi connectivity index (χ2v) is 4.23. The van der Waals surface area contributed by atoms with E-state index in [2.05, 4.69) is 15.5 Å². The number of hydrogen-bond acceptors (Lipinski definition) is 3. The van der Waals surface area contributed by atoms with Gasteiger partial charge >= 0.3 is 0 Å². The summed E-state index contributed by atoms with van der Waals surface area (Å²) in [5.74, 6) is -0.389. The minimum Gasteiger partial charge on any atom is -0.487 e. The van der Waals surface area contributed by atoms with E-state index in [1.165, 1.54) is 30.5 Å². The molecule has 19 heavy (non-hydrogen) atoms. The molecule has 6 heteroatoms. The van der Waals surface area contributed by atoms with Gasteiger partial charge in [-0.05, 0) is 38.1 Å². The summed E-state index contributed by atoms with van der Waals surface area (Å²) < 4.78 is 18.2. The molecule has 2 aromatic rings. The summed E-state index contributed by atoms with van der Waals surface area (Å²) in [6, 6.07) is 5.49. The van der Waals surface area contributed by atoms with Crippen molar-refractivity contribution in [2.45, 2.75) is 20.0 Å². The van der Waals surface area contributed by atoms with Gasteiger partial charge in [0, 0.05) is 5.69 Å². The van der Waals surface area contributed by atoms with Crippen molar-refractivity contribution in [3.8, 4) is 5.75 Å². The van der Waals surface area contributed by atoms with Crippen molar-refractivity contribution in [3.63, 3.8) is 0 Å². The van der Waals surface area contributed by atoms with Gasteiger partial charge in [-0.2, -0.15) is 5.10 Å². The van der Waals surface area contributed by atoms with Gasteiger partial charge in [0.25, 0.3) is 5.91 Å². The molecular weight excluding hydrogens is 249 g/mol. The highest BCUT2D eigenvalue weighted by Gasteiger charge is 2.17. The number of carbonyl (C=O) groups excluding carboxylic acids is 1. The Morgan fingerprint density at radius 1 is 1.37 bits per heavy atom. The lowest BCUT2D eigenvalue weighted by Crippen LogP contribution is -2.15. The Morgan fingerprint density at radius 3 is 2.68 bits per heavy atom. The van der Waals surface area contributed by atoms with Crippen molar-refractivity contribution in [1.82, 2.24) is 10.2 Å². The molecule has 0 aliphatic rings. The number of nitrogens with one attached hydrogen (secondary N) is 2. The average molecular weight is 263 g/mol. The van der Waals surface area contributed by atoms with Crippen LogP contribution in [0.4, 0.5) is 10.1 Å². The van der Waals surface area contributed by atoms with Crippen LogP contribution in [0.1, 0.15) is 24.3 Å². The number of halogens is 1. The van der Waals surface area contributed by atoms with E-state index in [1.807, 2.05) is 13.8 Å². The maximum absolute atomic E-state index is 12.8. The van der Waals surface area contributed by atoms with Gasteiger partial charge in [-0.3, -0.25) is 9.89 Å². The SMILES string of the molecule is CC(C)Oc1c[nH]nc1C(=O)Nc1ccc(F)cc1. The normalized spacial score (nSPS) is 10.5. The maximum atomic E-state index is 12.8. The fourth-order valence-electron chi connectivity index (χ4n) is 1.51. The number of nitrogens with zero attached hydrogens (tertiary/aromatic N) is 1. The van der Waals surface area contributed by atoms with E-state index in [1.54, 1.807) is 0 Å². The third-order valence-electron chi connectivity index (χ3n) is 2.29. The molecule has 0 radical (unpaired) electrons. The van der Waals surface area contributed by atoms with Crippen molar-refractivity contribution in [1.29, 1.82) is 0 Å². The lowest BCUT2D eigenvalue weighted by Gasteiger charge is -2.09. The zero-order valence-corrected chi connectivity index (χ0v) is 10.6. The van der Waals surface area contributed by atoms with Gasteiger partial charge < -0.3 is 10.1 Å². The minimum absolute atomic E-state index is 0.0602. The van der Waals surface area contributed by atoms with E-state index < -0.39 is 5.91 Å². The molecule has 0 saturated heterocycles. The van der Waals surface area contributed by atoms with Gasteiger partial charge in [-0.1, -0.05) is 0 Å². The molecule has 2 rings (SSSR count). The summed E-state index contributed by atoms with van der Waals surface area (Å²) in [5.41, 5.74) is 0.655. The van der Waals surface area contributed by atoms with Crippen LogP contribution in [0.15, 0.2) is 30.5 Å². The topological polar surface area (TPSA) is 67.0 Å². The Kier molecular flexibility index (Phi) is 3.79. The van der Waals surface area contributed by atoms with Gasteiger partial charge in [-0.25, -0.2) is 4.39 Å². The number of amides is 1. The number of rotatable bonds is 4. The summed E-state index contributed by atoms with van der Waals surface area (Å²) in [6.45, 7) is 3.71. The molecule has 0 saturated carbocycles. The number of aromatic amines is 1. The molecule has 5 nitrogen and oxygen atoms in total. The van der Waals surface area contributed by atoms with E-state index >= 15 is 0 Å². The van der Waals surface area contributed by atoms with Crippen molar-refractivity contribution in [2.75, 3.05) is 5.32 Å². The summed E-state index contributed by atoms with van der Waals surface area (Å²) in [5, 5.41) is 9.05. The van der Waals surface area contributed by atoms with Crippen LogP contribution in [0.5, 0.6) is 5.75 Å². The molecular formula is C13H14FN3O2. The Labute approximate surface area is 109 Å². The van der Waals surface area contributed by atoms with Gasteiger partial charge in [0.05, 0.1) is 12.3 Å². The van der Waals surface area contributed by atoms with Crippen LogP contribution in [0, 0.1) is 5.82 Å². The monoisotopic (exact) mass is 263 g/mol. The van der Waals surface area contributed by atoms with E-state index in [0.717, 1.165) is 0 Å². The highest BCUT2D eigenvalue weighted by atomic mass is 19.1. The predicted molar refractivity (Wildman–Crippen MR) is 68.7 cm³/mol. The molecule has 0 aliphatic carbocycles. The first kappa shape index (κ1) is 13.1. The van der Waals surface area contributed by atoms with Crippen LogP contribution < -0.4 is 10.1 Å². The summed E-state index contributed by atoms with van der Waals surface area (Å²) in [7, 11) is 0. The molecule has 1 aromatic heterocycles. The van der Waals surface area contributed by atoms with E-state index in [4.69, 9.17) is 4.74 Å². The van der Waals surface area contributed by atoms with Gasteiger partial charge in [0.2, 0.25) is 0 Å². The lowest BCUT2D eigenvalue weighted by atomic mass is 10.3. The third kappa shape index (κ3) is 3.31. The van der Waals surface area contributed by atoms with E-state index in [-0.39, 0.29) is 17.6 Å². The van der Waals surface area contributed by atoms with Crippen LogP contribution in [-0.2, 0) is 0 Å². The first-order valence-corrected chi connectivity index (χ1v) is 5.83. The predicted octanol–water partition coefficient (Wildman–Crippen LogP) is 2.59. The fraction of sp³-hybridized carbons (Fsp3) is 0.231. The molecule has 0 bridgehead atoms. The fourth-order valence-corrected chi connectivity index (χ4v) is 1.51. The van der Waals surface area contributed by atoms with Crippen LogP contribution in [0.2, 0.25) is 0 Å². The first-order valence-electron chi connectivity index (χ1n) is 5.83. The zero-order valence-electron chi connectivity index (χ0n) is 10.6. The Morgan fingerprint density at radius 2 is 2.05 bits per heavy atom. The number of H-pyrrole nitrogens is 1. The van der Waals surface area contributed by atoms with Crippen molar-refractivity contribution >= 4 is 11.6 Å². The number of hydrogen-bond donors (Lipinski definition) is 2. The zero-order chi connectivity index (χ0) is 13.8. The summed E-state index contributed by atoms with van der Waals surface area (Å²) in [6.07, 6.45) is 1.45. The molecule has 2 N–H and O–H groups in total. The second kappa shape index (κ2) is 5.51. The number of anilines is 1. The minimum atomic E-state index is -0.413. The molecule has 0 unspecified atom stereocenters. The van der Waals surface area contributed by atoms with Crippen LogP contribution in [0.25, 0.3) is 0 Å². The smallest absolute Gasteiger partial charge is 0.280 e. The lowest BCUT2D eigenvalue weighted by molar-refractivity contribution is 0.101. The van der Waals surface area contributed by atoms with E-state index in [0.29, 0.717) is 11.4 Å². The number of benzene rings is 1. The maximum Gasteiger partial charge on any atom is 0.280 e. The molecule has 1 heterocycles. The average Bonchev–Trinajstić information content (AvgIpc) is 2.79. The molecule has 0 atom stereocenters. The van der Waals surface area contributed by atoms with Crippen LogP contribution in [0.3, 0.4) is 0 Å². The summed E-state index contributed by atoms with van der Waals surface area (Å²) >= 11 is 0. The number of carbonyl (C=O) groups is 1.